The topological polar surface area (TPSA) is 58.5 Å². The number of aliphatic hydroxyl groups excluding tert-OH is 1. The molecule has 1 aliphatic rings. The van der Waals surface area contributed by atoms with Crippen molar-refractivity contribution in [1.82, 2.24) is 9.97 Å². The lowest BCUT2D eigenvalue weighted by Gasteiger charge is -2.21. The molecule has 16 heavy (non-hydrogen) atoms. The summed E-state index contributed by atoms with van der Waals surface area (Å²) >= 11 is 0. The second-order valence-electron chi connectivity index (χ2n) is 3.97. The number of methoxy groups -OCH3 is 1. The van der Waals surface area contributed by atoms with Gasteiger partial charge in [-0.05, 0) is 12.8 Å². The highest BCUT2D eigenvalue weighted by Crippen LogP contribution is 2.29. The van der Waals surface area contributed by atoms with Crippen molar-refractivity contribution < 1.29 is 9.84 Å². The van der Waals surface area contributed by atoms with Gasteiger partial charge in [-0.2, -0.15) is 0 Å². The fraction of sp³-hybridized carbons (Fsp3) is 0.636. The van der Waals surface area contributed by atoms with Gasteiger partial charge in [0.2, 0.25) is 5.95 Å². The molecule has 1 aromatic rings. The van der Waals surface area contributed by atoms with Crippen molar-refractivity contribution in [3.8, 4) is 0 Å². The maximum Gasteiger partial charge on any atom is 0.225 e. The van der Waals surface area contributed by atoms with E-state index in [9.17, 15) is 0 Å². The summed E-state index contributed by atoms with van der Waals surface area (Å²) in [6.45, 7) is 1.49. The maximum absolute atomic E-state index is 8.92. The second-order valence-corrected chi connectivity index (χ2v) is 3.97. The highest BCUT2D eigenvalue weighted by molar-refractivity contribution is 5.33. The molecule has 0 bridgehead atoms. The Balaban J connectivity index is 2.05. The smallest absolute Gasteiger partial charge is 0.225 e. The largest absolute Gasteiger partial charge is 0.392 e. The van der Waals surface area contributed by atoms with Gasteiger partial charge in [-0.25, -0.2) is 9.97 Å². The summed E-state index contributed by atoms with van der Waals surface area (Å²) in [5.74, 6) is 0.733. The Bertz CT molecular complexity index is 325. The Morgan fingerprint density at radius 1 is 1.44 bits per heavy atom. The van der Waals surface area contributed by atoms with E-state index in [0.29, 0.717) is 12.6 Å². The second kappa shape index (κ2) is 5.23. The molecule has 0 spiro atoms. The van der Waals surface area contributed by atoms with E-state index in [4.69, 9.17) is 9.84 Å². The van der Waals surface area contributed by atoms with Crippen LogP contribution in [-0.2, 0) is 11.3 Å². The highest BCUT2D eigenvalue weighted by atomic mass is 16.5. The molecule has 1 aromatic heterocycles. The Kier molecular flexibility index (Phi) is 3.69. The Morgan fingerprint density at radius 2 is 2.12 bits per heavy atom. The summed E-state index contributed by atoms with van der Waals surface area (Å²) in [5, 5.41) is 8.92. The molecule has 0 radical (unpaired) electrons. The summed E-state index contributed by atoms with van der Waals surface area (Å²) in [7, 11) is 1.70. The number of aromatic nitrogens is 2. The minimum absolute atomic E-state index is 0.0121. The van der Waals surface area contributed by atoms with Gasteiger partial charge in [0, 0.05) is 37.7 Å². The lowest BCUT2D eigenvalue weighted by molar-refractivity contribution is 0.204. The standard InChI is InChI=1S/C11H17N3O2/c1-16-5-4-14(10-2-3-10)11-12-6-9(8-15)7-13-11/h6-7,10,15H,2-5,8H2,1H3. The average molecular weight is 223 g/mol. The molecule has 5 nitrogen and oxygen atoms in total. The van der Waals surface area contributed by atoms with Crippen LogP contribution in [-0.4, -0.2) is 41.4 Å². The number of anilines is 1. The van der Waals surface area contributed by atoms with Crippen molar-refractivity contribution >= 4 is 5.95 Å². The fourth-order valence-electron chi connectivity index (χ4n) is 1.60. The maximum atomic E-state index is 8.92. The first kappa shape index (κ1) is 11.3. The van der Waals surface area contributed by atoms with Crippen molar-refractivity contribution in [2.75, 3.05) is 25.2 Å². The van der Waals surface area contributed by atoms with E-state index in [2.05, 4.69) is 14.9 Å². The monoisotopic (exact) mass is 223 g/mol. The van der Waals surface area contributed by atoms with Crippen LogP contribution in [0.1, 0.15) is 18.4 Å². The Labute approximate surface area is 95.1 Å². The fourth-order valence-corrected chi connectivity index (χ4v) is 1.60. The van der Waals surface area contributed by atoms with Gasteiger partial charge in [0.05, 0.1) is 13.2 Å². The van der Waals surface area contributed by atoms with Gasteiger partial charge in [-0.1, -0.05) is 0 Å². The SMILES string of the molecule is COCCN(c1ncc(CO)cn1)C1CC1. The molecule has 5 heteroatoms. The first-order valence-corrected chi connectivity index (χ1v) is 5.52. The molecule has 1 saturated carbocycles. The van der Waals surface area contributed by atoms with E-state index in [1.54, 1.807) is 19.5 Å². The van der Waals surface area contributed by atoms with E-state index in [-0.39, 0.29) is 6.61 Å². The lowest BCUT2D eigenvalue weighted by Crippen LogP contribution is -2.31. The molecule has 0 aromatic carbocycles. The van der Waals surface area contributed by atoms with E-state index in [1.807, 2.05) is 0 Å². The molecule has 0 saturated heterocycles. The molecule has 0 aliphatic heterocycles. The highest BCUT2D eigenvalue weighted by Gasteiger charge is 2.30. The lowest BCUT2D eigenvalue weighted by atomic mass is 10.4. The van der Waals surface area contributed by atoms with Crippen molar-refractivity contribution in [1.29, 1.82) is 0 Å². The molecule has 2 rings (SSSR count). The predicted molar refractivity (Wildman–Crippen MR) is 60.2 cm³/mol. The van der Waals surface area contributed by atoms with Crippen LogP contribution in [0.2, 0.25) is 0 Å². The minimum atomic E-state index is -0.0121. The molecule has 0 unspecified atom stereocenters. The summed E-state index contributed by atoms with van der Waals surface area (Å²) in [5.41, 5.74) is 0.742. The zero-order valence-corrected chi connectivity index (χ0v) is 9.46. The Morgan fingerprint density at radius 3 is 2.62 bits per heavy atom. The van der Waals surface area contributed by atoms with Gasteiger partial charge in [0.15, 0.2) is 0 Å². The minimum Gasteiger partial charge on any atom is -0.392 e. The van der Waals surface area contributed by atoms with Gasteiger partial charge < -0.3 is 14.7 Å². The number of nitrogens with zero attached hydrogens (tertiary/aromatic N) is 3. The summed E-state index contributed by atoms with van der Waals surface area (Å²) < 4.78 is 5.08. The van der Waals surface area contributed by atoms with Crippen LogP contribution in [0.15, 0.2) is 12.4 Å². The molecule has 1 heterocycles. The third kappa shape index (κ3) is 2.68. The summed E-state index contributed by atoms with van der Waals surface area (Å²) in [4.78, 5) is 10.7. The van der Waals surface area contributed by atoms with E-state index in [0.717, 1.165) is 18.1 Å². The van der Waals surface area contributed by atoms with Gasteiger partial charge in [0.25, 0.3) is 0 Å². The van der Waals surface area contributed by atoms with Gasteiger partial charge >= 0.3 is 0 Å². The normalized spacial score (nSPS) is 15.1. The molecule has 88 valence electrons. The van der Waals surface area contributed by atoms with E-state index >= 15 is 0 Å². The van der Waals surface area contributed by atoms with Crippen molar-refractivity contribution in [2.24, 2.45) is 0 Å². The average Bonchev–Trinajstić information content (AvgIpc) is 3.15. The van der Waals surface area contributed by atoms with Crippen LogP contribution in [0.25, 0.3) is 0 Å². The molecule has 1 N–H and O–H groups in total. The van der Waals surface area contributed by atoms with Gasteiger partial charge in [-0.15, -0.1) is 0 Å². The van der Waals surface area contributed by atoms with Crippen LogP contribution < -0.4 is 4.90 Å². The molecular weight excluding hydrogens is 206 g/mol. The summed E-state index contributed by atoms with van der Waals surface area (Å²) in [6.07, 6.45) is 5.75. The van der Waals surface area contributed by atoms with Crippen molar-refractivity contribution in [2.45, 2.75) is 25.5 Å². The quantitative estimate of drug-likeness (QED) is 0.764. The Hall–Kier alpha value is -1.20. The molecule has 0 atom stereocenters. The molecular formula is C11H17N3O2. The predicted octanol–water partition coefficient (Wildman–Crippen LogP) is 0.584. The molecule has 0 amide bonds. The zero-order valence-electron chi connectivity index (χ0n) is 9.46. The first-order valence-electron chi connectivity index (χ1n) is 5.52. The van der Waals surface area contributed by atoms with Gasteiger partial charge in [0.1, 0.15) is 0 Å². The third-order valence-corrected chi connectivity index (χ3v) is 2.66. The van der Waals surface area contributed by atoms with Crippen LogP contribution in [0.4, 0.5) is 5.95 Å². The van der Waals surface area contributed by atoms with Crippen LogP contribution >= 0.6 is 0 Å². The molecule has 1 aliphatic carbocycles. The van der Waals surface area contributed by atoms with Crippen molar-refractivity contribution in [3.63, 3.8) is 0 Å². The van der Waals surface area contributed by atoms with E-state index < -0.39 is 0 Å². The summed E-state index contributed by atoms with van der Waals surface area (Å²) in [6, 6.07) is 0.565. The zero-order chi connectivity index (χ0) is 11.4. The van der Waals surface area contributed by atoms with Crippen molar-refractivity contribution in [3.05, 3.63) is 18.0 Å². The number of aliphatic hydroxyl groups is 1. The number of ether oxygens (including phenoxy) is 1. The van der Waals surface area contributed by atoms with Gasteiger partial charge in [-0.3, -0.25) is 0 Å². The number of hydrogen-bond acceptors (Lipinski definition) is 5. The number of hydrogen-bond donors (Lipinski definition) is 1. The van der Waals surface area contributed by atoms with Crippen LogP contribution in [0.3, 0.4) is 0 Å². The number of rotatable bonds is 6. The van der Waals surface area contributed by atoms with Crippen LogP contribution in [0.5, 0.6) is 0 Å². The third-order valence-electron chi connectivity index (χ3n) is 2.66. The van der Waals surface area contributed by atoms with Crippen LogP contribution in [0, 0.1) is 0 Å². The van der Waals surface area contributed by atoms with E-state index in [1.165, 1.54) is 12.8 Å². The first-order chi connectivity index (χ1) is 7.85. The molecule has 1 fully saturated rings.